The SMILES string of the molecule is Nc1c(Nc2ccc(F)cc2)ncnc1N1CCN(C(c2ccccc2)c2ccccc2)CC1. The zero-order chi connectivity index (χ0) is 23.3. The lowest BCUT2D eigenvalue weighted by molar-refractivity contribution is 0.212. The summed E-state index contributed by atoms with van der Waals surface area (Å²) >= 11 is 0. The molecule has 34 heavy (non-hydrogen) atoms. The van der Waals surface area contributed by atoms with Crippen LogP contribution >= 0.6 is 0 Å². The average molecular weight is 455 g/mol. The predicted octanol–water partition coefficient (Wildman–Crippen LogP) is 4.85. The molecule has 0 unspecified atom stereocenters. The Morgan fingerprint density at radius 3 is 1.94 bits per heavy atom. The molecule has 2 heterocycles. The van der Waals surface area contributed by atoms with Crippen molar-refractivity contribution in [2.24, 2.45) is 0 Å². The molecule has 5 rings (SSSR count). The highest BCUT2D eigenvalue weighted by Crippen LogP contribution is 2.32. The van der Waals surface area contributed by atoms with Crippen LogP contribution in [0.4, 0.5) is 27.4 Å². The van der Waals surface area contributed by atoms with Gasteiger partial charge in [0.15, 0.2) is 11.6 Å². The topological polar surface area (TPSA) is 70.3 Å². The van der Waals surface area contributed by atoms with Gasteiger partial charge in [0.1, 0.15) is 17.8 Å². The maximum absolute atomic E-state index is 13.2. The minimum absolute atomic E-state index is 0.197. The van der Waals surface area contributed by atoms with E-state index in [1.54, 1.807) is 12.1 Å². The summed E-state index contributed by atoms with van der Waals surface area (Å²) in [5.41, 5.74) is 10.2. The second kappa shape index (κ2) is 9.89. The molecule has 0 aliphatic carbocycles. The number of nitrogens with two attached hydrogens (primary N) is 1. The molecule has 1 aliphatic rings. The highest BCUT2D eigenvalue weighted by Gasteiger charge is 2.28. The molecule has 6 nitrogen and oxygen atoms in total. The lowest BCUT2D eigenvalue weighted by Gasteiger charge is -2.40. The number of nitrogen functional groups attached to an aromatic ring is 1. The van der Waals surface area contributed by atoms with Crippen molar-refractivity contribution in [1.29, 1.82) is 0 Å². The highest BCUT2D eigenvalue weighted by molar-refractivity contribution is 5.78. The maximum atomic E-state index is 13.2. The van der Waals surface area contributed by atoms with Gasteiger partial charge >= 0.3 is 0 Å². The summed E-state index contributed by atoms with van der Waals surface area (Å²) in [6.45, 7) is 3.35. The summed E-state index contributed by atoms with van der Waals surface area (Å²) in [4.78, 5) is 13.5. The predicted molar refractivity (Wildman–Crippen MR) is 135 cm³/mol. The van der Waals surface area contributed by atoms with E-state index in [1.807, 2.05) is 0 Å². The van der Waals surface area contributed by atoms with Gasteiger partial charge in [-0.15, -0.1) is 0 Å². The summed E-state index contributed by atoms with van der Waals surface area (Å²) in [6.07, 6.45) is 1.51. The van der Waals surface area contributed by atoms with Crippen molar-refractivity contribution in [2.75, 3.05) is 42.1 Å². The lowest BCUT2D eigenvalue weighted by atomic mass is 9.96. The molecule has 0 bridgehead atoms. The lowest BCUT2D eigenvalue weighted by Crippen LogP contribution is -2.48. The number of aromatic nitrogens is 2. The number of hydrogen-bond donors (Lipinski definition) is 2. The van der Waals surface area contributed by atoms with Gasteiger partial charge in [0, 0.05) is 31.9 Å². The van der Waals surface area contributed by atoms with E-state index >= 15 is 0 Å². The Hall–Kier alpha value is -3.97. The van der Waals surface area contributed by atoms with Gasteiger partial charge in [-0.25, -0.2) is 14.4 Å². The Balaban J connectivity index is 1.33. The zero-order valence-corrected chi connectivity index (χ0v) is 18.8. The van der Waals surface area contributed by atoms with E-state index in [1.165, 1.54) is 29.6 Å². The number of rotatable bonds is 6. The molecular formula is C27H27FN6. The van der Waals surface area contributed by atoms with Gasteiger partial charge in [-0.3, -0.25) is 4.90 Å². The third kappa shape index (κ3) is 4.70. The molecule has 0 spiro atoms. The summed E-state index contributed by atoms with van der Waals surface area (Å²) in [6, 6.07) is 27.6. The van der Waals surface area contributed by atoms with Crippen molar-refractivity contribution < 1.29 is 4.39 Å². The van der Waals surface area contributed by atoms with Crippen LogP contribution in [0.3, 0.4) is 0 Å². The normalized spacial score (nSPS) is 14.4. The van der Waals surface area contributed by atoms with E-state index in [-0.39, 0.29) is 11.9 Å². The van der Waals surface area contributed by atoms with Crippen molar-refractivity contribution in [3.63, 3.8) is 0 Å². The molecule has 3 N–H and O–H groups in total. The standard InChI is InChI=1S/C27H27FN6/c28-22-11-13-23(14-12-22)32-26-24(29)27(31-19-30-26)34-17-15-33(16-18-34)25(20-7-3-1-4-8-20)21-9-5-2-6-10-21/h1-14,19,25H,15-18,29H2,(H,30,31,32). The first kappa shape index (κ1) is 21.9. The second-order valence-corrected chi connectivity index (χ2v) is 8.34. The van der Waals surface area contributed by atoms with Crippen molar-refractivity contribution in [3.8, 4) is 0 Å². The van der Waals surface area contributed by atoms with Crippen molar-refractivity contribution >= 4 is 23.0 Å². The van der Waals surface area contributed by atoms with E-state index in [4.69, 9.17) is 5.73 Å². The molecule has 0 radical (unpaired) electrons. The summed E-state index contributed by atoms with van der Waals surface area (Å²) in [5, 5.41) is 3.17. The van der Waals surface area contributed by atoms with Gasteiger partial charge in [-0.2, -0.15) is 0 Å². The van der Waals surface area contributed by atoms with Crippen LogP contribution in [0.5, 0.6) is 0 Å². The molecule has 1 saturated heterocycles. The number of hydrogen-bond acceptors (Lipinski definition) is 6. The summed E-state index contributed by atoms with van der Waals surface area (Å²) < 4.78 is 13.2. The quantitative estimate of drug-likeness (QED) is 0.434. The Labute approximate surface area is 198 Å². The minimum atomic E-state index is -0.288. The van der Waals surface area contributed by atoms with Gasteiger partial charge in [-0.1, -0.05) is 60.7 Å². The number of halogens is 1. The van der Waals surface area contributed by atoms with Crippen LogP contribution in [0.2, 0.25) is 0 Å². The van der Waals surface area contributed by atoms with Crippen LogP contribution in [-0.4, -0.2) is 41.0 Å². The molecule has 3 aromatic carbocycles. The number of piperazine rings is 1. The largest absolute Gasteiger partial charge is 0.393 e. The third-order valence-electron chi connectivity index (χ3n) is 6.18. The van der Waals surface area contributed by atoms with Crippen LogP contribution in [0.1, 0.15) is 17.2 Å². The van der Waals surface area contributed by atoms with E-state index in [2.05, 4.69) is 85.7 Å². The Morgan fingerprint density at radius 1 is 0.765 bits per heavy atom. The van der Waals surface area contributed by atoms with Gasteiger partial charge in [0.25, 0.3) is 0 Å². The smallest absolute Gasteiger partial charge is 0.159 e. The first-order chi connectivity index (χ1) is 16.7. The van der Waals surface area contributed by atoms with E-state index in [0.717, 1.165) is 37.7 Å². The van der Waals surface area contributed by atoms with E-state index < -0.39 is 0 Å². The van der Waals surface area contributed by atoms with Crippen LogP contribution in [0.25, 0.3) is 0 Å². The average Bonchev–Trinajstić information content (AvgIpc) is 2.89. The molecule has 1 aromatic heterocycles. The van der Waals surface area contributed by atoms with Gasteiger partial charge < -0.3 is 16.0 Å². The maximum Gasteiger partial charge on any atom is 0.159 e. The molecule has 7 heteroatoms. The molecular weight excluding hydrogens is 427 g/mol. The van der Waals surface area contributed by atoms with Crippen molar-refractivity contribution in [1.82, 2.24) is 14.9 Å². The Morgan fingerprint density at radius 2 is 1.35 bits per heavy atom. The third-order valence-corrected chi connectivity index (χ3v) is 6.18. The van der Waals surface area contributed by atoms with Gasteiger partial charge in [0.05, 0.1) is 6.04 Å². The fraction of sp³-hybridized carbons (Fsp3) is 0.185. The number of benzene rings is 3. The zero-order valence-electron chi connectivity index (χ0n) is 18.8. The Bertz CT molecular complexity index is 1170. The number of nitrogens with zero attached hydrogens (tertiary/aromatic N) is 4. The minimum Gasteiger partial charge on any atom is -0.393 e. The molecule has 1 aliphatic heterocycles. The van der Waals surface area contributed by atoms with Crippen LogP contribution in [0.15, 0.2) is 91.3 Å². The van der Waals surface area contributed by atoms with Crippen LogP contribution in [-0.2, 0) is 0 Å². The second-order valence-electron chi connectivity index (χ2n) is 8.34. The number of anilines is 4. The fourth-order valence-corrected chi connectivity index (χ4v) is 4.48. The monoisotopic (exact) mass is 454 g/mol. The van der Waals surface area contributed by atoms with Crippen molar-refractivity contribution in [2.45, 2.75) is 6.04 Å². The van der Waals surface area contributed by atoms with E-state index in [0.29, 0.717) is 11.5 Å². The summed E-state index contributed by atoms with van der Waals surface area (Å²) in [5.74, 6) is 0.949. The van der Waals surface area contributed by atoms with Gasteiger partial charge in [0.2, 0.25) is 0 Å². The molecule has 4 aromatic rings. The molecule has 0 atom stereocenters. The molecule has 1 fully saturated rings. The van der Waals surface area contributed by atoms with E-state index in [9.17, 15) is 4.39 Å². The van der Waals surface area contributed by atoms with Gasteiger partial charge in [-0.05, 0) is 35.4 Å². The fourth-order valence-electron chi connectivity index (χ4n) is 4.48. The summed E-state index contributed by atoms with van der Waals surface area (Å²) in [7, 11) is 0. The number of nitrogens with one attached hydrogen (secondary N) is 1. The van der Waals surface area contributed by atoms with Crippen molar-refractivity contribution in [3.05, 3.63) is 108 Å². The van der Waals surface area contributed by atoms with Crippen LogP contribution < -0.4 is 16.0 Å². The molecule has 172 valence electrons. The molecule has 0 amide bonds. The molecule has 0 saturated carbocycles. The highest BCUT2D eigenvalue weighted by atomic mass is 19.1. The van der Waals surface area contributed by atoms with Crippen LogP contribution in [0, 0.1) is 5.82 Å². The first-order valence-corrected chi connectivity index (χ1v) is 11.4. The Kier molecular flexibility index (Phi) is 6.35. The first-order valence-electron chi connectivity index (χ1n) is 11.4.